The molecule has 0 atom stereocenters. The maximum atomic E-state index is 6.99. The second-order valence-electron chi connectivity index (χ2n) is 7.89. The third-order valence-electron chi connectivity index (χ3n) is 5.98. The standard InChI is InChI=1S/C30H19ClO/c31-30-24(17-18-28-29(30)25-13-7-8-14-27(25)32-28)22-15-16-23(20-9-3-1-4-10-20)26(19-22)21-11-5-2-6-12-21/h1-19H. The molecular formula is C30H19ClO. The molecule has 2 heteroatoms. The summed E-state index contributed by atoms with van der Waals surface area (Å²) in [6, 6.07) is 39.7. The maximum absolute atomic E-state index is 6.99. The highest BCUT2D eigenvalue weighted by atomic mass is 35.5. The van der Waals surface area contributed by atoms with Gasteiger partial charge < -0.3 is 4.42 Å². The maximum Gasteiger partial charge on any atom is 0.136 e. The lowest BCUT2D eigenvalue weighted by Crippen LogP contribution is -1.88. The van der Waals surface area contributed by atoms with E-state index in [2.05, 4.69) is 78.9 Å². The van der Waals surface area contributed by atoms with Crippen molar-refractivity contribution in [1.29, 1.82) is 0 Å². The molecule has 6 aromatic rings. The molecule has 0 aliphatic rings. The molecule has 0 amide bonds. The van der Waals surface area contributed by atoms with E-state index in [0.29, 0.717) is 0 Å². The van der Waals surface area contributed by atoms with Gasteiger partial charge in [0.05, 0.1) is 5.02 Å². The lowest BCUT2D eigenvalue weighted by atomic mass is 9.91. The van der Waals surface area contributed by atoms with Crippen molar-refractivity contribution in [2.24, 2.45) is 0 Å². The van der Waals surface area contributed by atoms with E-state index < -0.39 is 0 Å². The highest BCUT2D eigenvalue weighted by molar-refractivity contribution is 6.40. The third-order valence-corrected chi connectivity index (χ3v) is 6.37. The lowest BCUT2D eigenvalue weighted by molar-refractivity contribution is 0.669. The summed E-state index contributed by atoms with van der Waals surface area (Å²) in [5.74, 6) is 0. The normalized spacial score (nSPS) is 11.3. The van der Waals surface area contributed by atoms with Crippen molar-refractivity contribution in [3.63, 3.8) is 0 Å². The fraction of sp³-hybridized carbons (Fsp3) is 0. The van der Waals surface area contributed by atoms with E-state index in [4.69, 9.17) is 16.0 Å². The van der Waals surface area contributed by atoms with Gasteiger partial charge in [-0.05, 0) is 52.1 Å². The fourth-order valence-electron chi connectivity index (χ4n) is 4.44. The smallest absolute Gasteiger partial charge is 0.136 e. The molecule has 6 rings (SSSR count). The van der Waals surface area contributed by atoms with Gasteiger partial charge in [-0.25, -0.2) is 0 Å². The zero-order valence-corrected chi connectivity index (χ0v) is 18.0. The Bertz CT molecular complexity index is 1560. The van der Waals surface area contributed by atoms with E-state index >= 15 is 0 Å². The Hall–Kier alpha value is -3.81. The van der Waals surface area contributed by atoms with Crippen LogP contribution in [-0.2, 0) is 0 Å². The lowest BCUT2D eigenvalue weighted by Gasteiger charge is -2.14. The minimum Gasteiger partial charge on any atom is -0.456 e. The number of halogens is 1. The molecule has 0 bridgehead atoms. The van der Waals surface area contributed by atoms with E-state index in [-0.39, 0.29) is 0 Å². The molecule has 1 heterocycles. The van der Waals surface area contributed by atoms with E-state index in [0.717, 1.165) is 38.1 Å². The highest BCUT2D eigenvalue weighted by Gasteiger charge is 2.16. The molecule has 0 unspecified atom stereocenters. The largest absolute Gasteiger partial charge is 0.456 e. The number of benzene rings is 5. The van der Waals surface area contributed by atoms with Gasteiger partial charge in [-0.2, -0.15) is 0 Å². The first-order valence-corrected chi connectivity index (χ1v) is 11.0. The molecule has 0 radical (unpaired) electrons. The molecule has 1 nitrogen and oxygen atoms in total. The van der Waals surface area contributed by atoms with Gasteiger partial charge >= 0.3 is 0 Å². The molecule has 0 saturated heterocycles. The summed E-state index contributed by atoms with van der Waals surface area (Å²) in [5, 5.41) is 2.73. The van der Waals surface area contributed by atoms with Crippen LogP contribution in [0.4, 0.5) is 0 Å². The summed E-state index contributed by atoms with van der Waals surface area (Å²) >= 11 is 6.99. The number of para-hydroxylation sites is 1. The Balaban J connectivity index is 1.59. The number of hydrogen-bond acceptors (Lipinski definition) is 1. The molecule has 0 N–H and O–H groups in total. The Kier molecular flexibility index (Phi) is 4.56. The summed E-state index contributed by atoms with van der Waals surface area (Å²) in [5.41, 5.74) is 8.51. The highest BCUT2D eigenvalue weighted by Crippen LogP contribution is 2.42. The van der Waals surface area contributed by atoms with Gasteiger partial charge in [-0.1, -0.05) is 103 Å². The quantitative estimate of drug-likeness (QED) is 0.272. The molecule has 0 aliphatic heterocycles. The van der Waals surface area contributed by atoms with Crippen molar-refractivity contribution in [3.8, 4) is 33.4 Å². The molecule has 0 saturated carbocycles. The van der Waals surface area contributed by atoms with Crippen LogP contribution in [0.2, 0.25) is 5.02 Å². The summed E-state index contributed by atoms with van der Waals surface area (Å²) in [4.78, 5) is 0. The number of furan rings is 1. The van der Waals surface area contributed by atoms with Gasteiger partial charge in [0.1, 0.15) is 11.2 Å². The minimum atomic E-state index is 0.721. The van der Waals surface area contributed by atoms with Gasteiger partial charge in [-0.3, -0.25) is 0 Å². The monoisotopic (exact) mass is 430 g/mol. The van der Waals surface area contributed by atoms with Crippen molar-refractivity contribution in [3.05, 3.63) is 120 Å². The van der Waals surface area contributed by atoms with Crippen LogP contribution in [0.3, 0.4) is 0 Å². The van der Waals surface area contributed by atoms with Gasteiger partial charge in [-0.15, -0.1) is 0 Å². The first-order valence-electron chi connectivity index (χ1n) is 10.6. The average molecular weight is 431 g/mol. The minimum absolute atomic E-state index is 0.721. The van der Waals surface area contributed by atoms with Crippen LogP contribution >= 0.6 is 11.6 Å². The molecule has 1 aromatic heterocycles. The van der Waals surface area contributed by atoms with Crippen LogP contribution in [-0.4, -0.2) is 0 Å². The van der Waals surface area contributed by atoms with Crippen molar-refractivity contribution < 1.29 is 4.42 Å². The molecule has 152 valence electrons. The Labute approximate surface area is 191 Å². The molecule has 0 fully saturated rings. The number of rotatable bonds is 3. The predicted octanol–water partition coefficient (Wildman–Crippen LogP) is 9.24. The summed E-state index contributed by atoms with van der Waals surface area (Å²) < 4.78 is 6.01. The number of hydrogen-bond donors (Lipinski definition) is 0. The van der Waals surface area contributed by atoms with E-state index in [1.807, 2.05) is 36.4 Å². The SMILES string of the molecule is Clc1c(-c2ccc(-c3ccccc3)c(-c3ccccc3)c2)ccc2oc3ccccc3c12. The molecular weight excluding hydrogens is 412 g/mol. The Morgan fingerprint density at radius 3 is 1.84 bits per heavy atom. The molecule has 5 aromatic carbocycles. The predicted molar refractivity (Wildman–Crippen MR) is 135 cm³/mol. The van der Waals surface area contributed by atoms with Crippen LogP contribution in [0, 0.1) is 0 Å². The zero-order chi connectivity index (χ0) is 21.5. The van der Waals surface area contributed by atoms with Crippen LogP contribution in [0.15, 0.2) is 120 Å². The Morgan fingerprint density at radius 1 is 0.469 bits per heavy atom. The second-order valence-corrected chi connectivity index (χ2v) is 8.27. The van der Waals surface area contributed by atoms with Crippen LogP contribution < -0.4 is 0 Å². The first-order chi connectivity index (χ1) is 15.8. The van der Waals surface area contributed by atoms with E-state index in [9.17, 15) is 0 Å². The summed E-state index contributed by atoms with van der Waals surface area (Å²) in [6.07, 6.45) is 0. The first kappa shape index (κ1) is 18.9. The number of fused-ring (bicyclic) bond motifs is 3. The Morgan fingerprint density at radius 2 is 1.09 bits per heavy atom. The van der Waals surface area contributed by atoms with E-state index in [1.54, 1.807) is 0 Å². The van der Waals surface area contributed by atoms with Gasteiger partial charge in [0.2, 0.25) is 0 Å². The van der Waals surface area contributed by atoms with Crippen LogP contribution in [0.5, 0.6) is 0 Å². The molecule has 0 aliphatic carbocycles. The van der Waals surface area contributed by atoms with Gasteiger partial charge in [0, 0.05) is 16.3 Å². The topological polar surface area (TPSA) is 13.1 Å². The van der Waals surface area contributed by atoms with Crippen molar-refractivity contribution in [2.75, 3.05) is 0 Å². The second kappa shape index (κ2) is 7.71. The van der Waals surface area contributed by atoms with Crippen LogP contribution in [0.25, 0.3) is 55.3 Å². The average Bonchev–Trinajstić information content (AvgIpc) is 3.24. The zero-order valence-electron chi connectivity index (χ0n) is 17.3. The van der Waals surface area contributed by atoms with Gasteiger partial charge in [0.15, 0.2) is 0 Å². The van der Waals surface area contributed by atoms with E-state index in [1.165, 1.54) is 22.3 Å². The van der Waals surface area contributed by atoms with Crippen molar-refractivity contribution >= 4 is 33.5 Å². The fourth-order valence-corrected chi connectivity index (χ4v) is 4.80. The van der Waals surface area contributed by atoms with Gasteiger partial charge in [0.25, 0.3) is 0 Å². The van der Waals surface area contributed by atoms with Crippen LogP contribution in [0.1, 0.15) is 0 Å². The van der Waals surface area contributed by atoms with Crippen molar-refractivity contribution in [1.82, 2.24) is 0 Å². The molecule has 0 spiro atoms. The summed E-state index contributed by atoms with van der Waals surface area (Å²) in [6.45, 7) is 0. The third kappa shape index (κ3) is 3.10. The molecule has 32 heavy (non-hydrogen) atoms. The van der Waals surface area contributed by atoms with Crippen molar-refractivity contribution in [2.45, 2.75) is 0 Å². The summed E-state index contributed by atoms with van der Waals surface area (Å²) in [7, 11) is 0.